The second-order valence-corrected chi connectivity index (χ2v) is 14.4. The summed E-state index contributed by atoms with van der Waals surface area (Å²) in [4.78, 5) is 13.0. The SMILES string of the molecule is CC(=O)OC(CCCCCCCCc1cccs1)c1coc([Si](C)(C)C)c1. The number of thiophene rings is 1. The molecule has 0 radical (unpaired) electrons. The summed E-state index contributed by atoms with van der Waals surface area (Å²) in [5, 5.41) is 3.22. The minimum absolute atomic E-state index is 0.171. The van der Waals surface area contributed by atoms with E-state index in [2.05, 4.69) is 43.2 Å². The highest BCUT2D eigenvalue weighted by Gasteiger charge is 2.24. The van der Waals surface area contributed by atoms with Gasteiger partial charge in [-0.3, -0.25) is 4.79 Å². The Labute approximate surface area is 169 Å². The number of carbonyl (C=O) groups excluding carboxylic acids is 1. The number of rotatable bonds is 12. The molecule has 0 aromatic carbocycles. The number of aryl methyl sites for hydroxylation is 1. The Morgan fingerprint density at radius 3 is 2.44 bits per heavy atom. The van der Waals surface area contributed by atoms with Crippen molar-refractivity contribution in [1.29, 1.82) is 0 Å². The Morgan fingerprint density at radius 2 is 1.85 bits per heavy atom. The van der Waals surface area contributed by atoms with Crippen LogP contribution in [0.25, 0.3) is 0 Å². The first kappa shape index (κ1) is 22.0. The summed E-state index contributed by atoms with van der Waals surface area (Å²) >= 11 is 1.86. The van der Waals surface area contributed by atoms with E-state index in [-0.39, 0.29) is 12.1 Å². The number of ether oxygens (including phenoxy) is 1. The average Bonchev–Trinajstić information content (AvgIpc) is 3.26. The molecular formula is C22H34O3SSi. The fraction of sp³-hybridized carbons (Fsp3) is 0.591. The molecule has 5 heteroatoms. The van der Waals surface area contributed by atoms with Gasteiger partial charge in [0.1, 0.15) is 14.2 Å². The van der Waals surface area contributed by atoms with E-state index in [0.29, 0.717) is 0 Å². The van der Waals surface area contributed by atoms with Crippen LogP contribution in [0.1, 0.15) is 68.4 Å². The number of furan rings is 1. The summed E-state index contributed by atoms with van der Waals surface area (Å²) in [6.07, 6.45) is 11.1. The number of esters is 1. The van der Waals surface area contributed by atoms with E-state index in [4.69, 9.17) is 9.15 Å². The third-order valence-corrected chi connectivity index (χ3v) is 7.44. The molecule has 0 aliphatic heterocycles. The van der Waals surface area contributed by atoms with E-state index < -0.39 is 8.07 Å². The molecule has 2 heterocycles. The first-order valence-electron chi connectivity index (χ1n) is 10.1. The summed E-state index contributed by atoms with van der Waals surface area (Å²) in [6, 6.07) is 6.46. The zero-order chi connectivity index (χ0) is 19.7. The molecule has 2 rings (SSSR count). The number of unbranched alkanes of at least 4 members (excludes halogenated alkanes) is 5. The van der Waals surface area contributed by atoms with Gasteiger partial charge in [0.05, 0.1) is 11.6 Å². The highest BCUT2D eigenvalue weighted by atomic mass is 32.1. The quantitative estimate of drug-likeness (QED) is 0.230. The molecule has 0 N–H and O–H groups in total. The maximum Gasteiger partial charge on any atom is 0.303 e. The van der Waals surface area contributed by atoms with Crippen LogP contribution in [0, 0.1) is 0 Å². The van der Waals surface area contributed by atoms with E-state index >= 15 is 0 Å². The summed E-state index contributed by atoms with van der Waals surface area (Å²) in [5.74, 6) is -0.218. The Hall–Kier alpha value is -1.33. The summed E-state index contributed by atoms with van der Waals surface area (Å²) in [6.45, 7) is 8.26. The van der Waals surface area contributed by atoms with Crippen molar-refractivity contribution in [2.24, 2.45) is 0 Å². The molecule has 27 heavy (non-hydrogen) atoms. The monoisotopic (exact) mass is 406 g/mol. The molecule has 0 saturated heterocycles. The number of hydrogen-bond acceptors (Lipinski definition) is 4. The van der Waals surface area contributed by atoms with Gasteiger partial charge >= 0.3 is 5.97 Å². The van der Waals surface area contributed by atoms with Gasteiger partial charge in [-0.25, -0.2) is 0 Å². The fourth-order valence-corrected chi connectivity index (χ4v) is 4.96. The maximum absolute atomic E-state index is 11.5. The molecular weight excluding hydrogens is 372 g/mol. The molecule has 1 atom stereocenters. The first-order chi connectivity index (χ1) is 12.9. The van der Waals surface area contributed by atoms with Crippen molar-refractivity contribution >= 4 is 30.8 Å². The number of carbonyl (C=O) groups is 1. The normalized spacial score (nSPS) is 12.9. The van der Waals surface area contributed by atoms with E-state index in [1.165, 1.54) is 50.3 Å². The van der Waals surface area contributed by atoms with Crippen molar-refractivity contribution in [3.63, 3.8) is 0 Å². The van der Waals surface area contributed by atoms with Crippen molar-refractivity contribution in [3.05, 3.63) is 40.3 Å². The van der Waals surface area contributed by atoms with E-state index in [1.807, 2.05) is 11.3 Å². The van der Waals surface area contributed by atoms with Gasteiger partial charge in [-0.2, -0.15) is 0 Å². The van der Waals surface area contributed by atoms with Crippen molar-refractivity contribution in [2.45, 2.75) is 84.0 Å². The van der Waals surface area contributed by atoms with E-state index in [0.717, 1.165) is 23.8 Å². The lowest BCUT2D eigenvalue weighted by molar-refractivity contribution is -0.147. The zero-order valence-corrected chi connectivity index (χ0v) is 19.1. The van der Waals surface area contributed by atoms with Crippen molar-refractivity contribution in [3.8, 4) is 0 Å². The first-order valence-corrected chi connectivity index (χ1v) is 14.5. The Kier molecular flexibility index (Phi) is 8.83. The zero-order valence-electron chi connectivity index (χ0n) is 17.3. The van der Waals surface area contributed by atoms with Crippen LogP contribution >= 0.6 is 11.3 Å². The van der Waals surface area contributed by atoms with E-state index in [9.17, 15) is 4.79 Å². The average molecular weight is 407 g/mol. The lowest BCUT2D eigenvalue weighted by Gasteiger charge is -2.15. The summed E-state index contributed by atoms with van der Waals surface area (Å²) < 4.78 is 11.3. The van der Waals surface area contributed by atoms with Crippen molar-refractivity contribution in [2.75, 3.05) is 0 Å². The minimum Gasteiger partial charge on any atom is -0.474 e. The largest absolute Gasteiger partial charge is 0.474 e. The van der Waals surface area contributed by atoms with Crippen LogP contribution in [0.15, 0.2) is 34.3 Å². The molecule has 1 unspecified atom stereocenters. The van der Waals surface area contributed by atoms with Gasteiger partial charge in [-0.1, -0.05) is 51.4 Å². The molecule has 0 bridgehead atoms. The minimum atomic E-state index is -1.48. The highest BCUT2D eigenvalue weighted by molar-refractivity contribution is 7.09. The second kappa shape index (κ2) is 10.9. The molecule has 150 valence electrons. The van der Waals surface area contributed by atoms with Crippen molar-refractivity contribution in [1.82, 2.24) is 0 Å². The predicted octanol–water partition coefficient (Wildman–Crippen LogP) is 6.46. The van der Waals surface area contributed by atoms with Gasteiger partial charge in [-0.15, -0.1) is 11.3 Å². The van der Waals surface area contributed by atoms with Crippen LogP contribution in [0.3, 0.4) is 0 Å². The topological polar surface area (TPSA) is 39.4 Å². The van der Waals surface area contributed by atoms with Gasteiger partial charge in [0, 0.05) is 17.4 Å². The lowest BCUT2D eigenvalue weighted by Crippen LogP contribution is -2.36. The molecule has 2 aromatic rings. The molecule has 0 spiro atoms. The second-order valence-electron chi connectivity index (χ2n) is 8.33. The molecule has 2 aromatic heterocycles. The van der Waals surface area contributed by atoms with Gasteiger partial charge in [0.15, 0.2) is 0 Å². The third-order valence-electron chi connectivity index (χ3n) is 4.76. The van der Waals surface area contributed by atoms with E-state index in [1.54, 1.807) is 6.26 Å². The van der Waals surface area contributed by atoms with Crippen molar-refractivity contribution < 1.29 is 13.9 Å². The lowest BCUT2D eigenvalue weighted by atomic mass is 10.0. The maximum atomic E-state index is 11.5. The molecule has 3 nitrogen and oxygen atoms in total. The number of hydrogen-bond donors (Lipinski definition) is 0. The van der Waals surface area contributed by atoms with Crippen LogP contribution in [0.5, 0.6) is 0 Å². The van der Waals surface area contributed by atoms with Gasteiger partial charge in [-0.05, 0) is 43.2 Å². The third kappa shape index (κ3) is 8.05. The molecule has 0 amide bonds. The van der Waals surface area contributed by atoms with Gasteiger partial charge < -0.3 is 9.15 Å². The van der Waals surface area contributed by atoms with Crippen LogP contribution in [-0.4, -0.2) is 14.0 Å². The van der Waals surface area contributed by atoms with Crippen LogP contribution in [0.4, 0.5) is 0 Å². The summed E-state index contributed by atoms with van der Waals surface area (Å²) in [5.41, 5.74) is 1.01. The smallest absolute Gasteiger partial charge is 0.303 e. The standard InChI is InChI=1S/C22H34O3SSi/c1-18(23)25-21(19-16-22(24-17-19)27(2,3)4)14-10-8-6-5-7-9-12-20-13-11-15-26-20/h11,13,15-17,21H,5-10,12,14H2,1-4H3. The van der Waals surface area contributed by atoms with Gasteiger partial charge in [0.25, 0.3) is 0 Å². The predicted molar refractivity (Wildman–Crippen MR) is 117 cm³/mol. The fourth-order valence-electron chi connectivity index (χ4n) is 3.20. The highest BCUT2D eigenvalue weighted by Crippen LogP contribution is 2.25. The molecule has 0 saturated carbocycles. The molecule has 0 aliphatic carbocycles. The van der Waals surface area contributed by atoms with Crippen LogP contribution in [0.2, 0.25) is 19.6 Å². The molecule has 0 aliphatic rings. The Bertz CT molecular complexity index is 670. The Morgan fingerprint density at radius 1 is 1.15 bits per heavy atom. The van der Waals surface area contributed by atoms with Crippen LogP contribution < -0.4 is 5.38 Å². The molecule has 0 fully saturated rings. The summed E-state index contributed by atoms with van der Waals surface area (Å²) in [7, 11) is -1.48. The van der Waals surface area contributed by atoms with Crippen LogP contribution in [-0.2, 0) is 16.0 Å². The Balaban J connectivity index is 1.68. The van der Waals surface area contributed by atoms with Gasteiger partial charge in [0.2, 0.25) is 0 Å².